The van der Waals surface area contributed by atoms with Crippen LogP contribution in [-0.2, 0) is 87.4 Å². The van der Waals surface area contributed by atoms with Crippen LogP contribution in [0.15, 0.2) is 81.6 Å². The van der Waals surface area contributed by atoms with Crippen LogP contribution in [0.5, 0.6) is 0 Å². The van der Waals surface area contributed by atoms with E-state index in [0.29, 0.717) is 0 Å². The molecular formula is C60H100N8O8Zn4. The van der Waals surface area contributed by atoms with E-state index in [2.05, 4.69) is 100 Å². The van der Waals surface area contributed by atoms with E-state index in [1.165, 1.54) is 0 Å². The topological polar surface area (TPSA) is 206 Å². The first kappa shape index (κ1) is 89.0. The van der Waals surface area contributed by atoms with Gasteiger partial charge in [-0.2, -0.15) is 0 Å². The van der Waals surface area contributed by atoms with Gasteiger partial charge in [0.15, 0.2) is 0 Å². The van der Waals surface area contributed by atoms with Crippen molar-refractivity contribution in [3.63, 3.8) is 0 Å². The van der Waals surface area contributed by atoms with Crippen molar-refractivity contribution in [2.45, 2.75) is 108 Å². The fourth-order valence-electron chi connectivity index (χ4n) is 5.97. The van der Waals surface area contributed by atoms with Crippen molar-refractivity contribution in [1.82, 2.24) is 19.6 Å². The quantitative estimate of drug-likeness (QED) is 0.0655. The minimum atomic E-state index is -0.417. The first-order chi connectivity index (χ1) is 35.9. The summed E-state index contributed by atoms with van der Waals surface area (Å²) >= 11 is 0. The maximum Gasteiger partial charge on any atom is 2.00 e. The molecule has 0 N–H and O–H groups in total. The molecule has 0 atom stereocenters. The minimum absolute atomic E-state index is 0. The molecule has 2 aromatic heterocycles. The summed E-state index contributed by atoms with van der Waals surface area (Å²) in [6.45, 7) is 30.9. The van der Waals surface area contributed by atoms with Crippen LogP contribution in [0, 0.1) is 0 Å². The zero-order valence-corrected chi connectivity index (χ0v) is 65.3. The third kappa shape index (κ3) is 44.3. The summed E-state index contributed by atoms with van der Waals surface area (Å²) in [4.78, 5) is 8.52. The molecule has 0 aliphatic rings. The SMILES string of the molecule is CC(C)[O-].CC(C)[O-].CC(C)[O-].CC(C)[O-].CCOCC.CCOCC.CN(C)CC[N-]c1cccc2c1oc1c([N-]CCN(C)C)cccc12.CN(C)CC[N-]c1cccc2c1oc1c([N-]CCN(C)C)cccc12.[Zn+2].[Zn+2].[Zn+2].[Zn+2]. The Kier molecular flexibility index (Phi) is 60.8. The molecule has 0 amide bonds. The molecule has 0 fully saturated rings. The van der Waals surface area contributed by atoms with Gasteiger partial charge in [-0.05, 0) is 110 Å². The van der Waals surface area contributed by atoms with Crippen molar-refractivity contribution in [1.29, 1.82) is 0 Å². The average Bonchev–Trinajstić information content (AvgIpc) is 3.90. The van der Waals surface area contributed by atoms with Crippen LogP contribution < -0.4 is 20.4 Å². The maximum absolute atomic E-state index is 9.53. The van der Waals surface area contributed by atoms with E-state index in [-0.39, 0.29) is 77.9 Å². The summed E-state index contributed by atoms with van der Waals surface area (Å²) < 4.78 is 22.1. The molecule has 0 aliphatic carbocycles. The summed E-state index contributed by atoms with van der Waals surface area (Å²) in [5.41, 5.74) is 7.06. The molecule has 6 aromatic rings. The van der Waals surface area contributed by atoms with Gasteiger partial charge >= 0.3 is 77.9 Å². The van der Waals surface area contributed by atoms with Crippen molar-refractivity contribution >= 4 is 66.6 Å². The normalized spacial score (nSPS) is 10.2. The van der Waals surface area contributed by atoms with Gasteiger partial charge < -0.3 is 79.6 Å². The van der Waals surface area contributed by atoms with Crippen LogP contribution in [0.3, 0.4) is 0 Å². The van der Waals surface area contributed by atoms with Crippen LogP contribution in [0.25, 0.3) is 65.1 Å². The van der Waals surface area contributed by atoms with Crippen LogP contribution in [-0.4, -0.2) is 179 Å². The molecule has 0 unspecified atom stereocenters. The van der Waals surface area contributed by atoms with Gasteiger partial charge in [-0.1, -0.05) is 151 Å². The molecule has 0 bridgehead atoms. The molecule has 20 heteroatoms. The van der Waals surface area contributed by atoms with Crippen molar-refractivity contribution in [2.75, 3.05) is 135 Å². The van der Waals surface area contributed by atoms with E-state index in [9.17, 15) is 20.4 Å². The summed E-state index contributed by atoms with van der Waals surface area (Å²) in [6.07, 6.45) is -1.67. The molecule has 0 saturated carbocycles. The van der Waals surface area contributed by atoms with Gasteiger partial charge in [0.25, 0.3) is 0 Å². The third-order valence-electron chi connectivity index (χ3n) is 9.10. The Labute approximate surface area is 535 Å². The van der Waals surface area contributed by atoms with Crippen LogP contribution >= 0.6 is 0 Å². The van der Waals surface area contributed by atoms with Gasteiger partial charge in [0.05, 0.1) is 0 Å². The van der Waals surface area contributed by atoms with E-state index in [4.69, 9.17) is 39.6 Å². The number of para-hydroxylation sites is 4. The molecule has 0 spiro atoms. The fraction of sp³-hybridized carbons (Fsp3) is 0.600. The van der Waals surface area contributed by atoms with Gasteiger partial charge in [0.1, 0.15) is 22.3 Å². The Morgan fingerprint density at radius 1 is 0.350 bits per heavy atom. The molecule has 6 rings (SSSR count). The molecular weight excluding hydrogens is 1220 g/mol. The first-order valence-corrected chi connectivity index (χ1v) is 26.8. The van der Waals surface area contributed by atoms with E-state index in [1.54, 1.807) is 55.4 Å². The Balaban J connectivity index is -0.000000231. The molecule has 0 radical (unpaired) electrons. The smallest absolute Gasteiger partial charge is 0.852 e. The minimum Gasteiger partial charge on any atom is -0.852 e. The second-order valence-electron chi connectivity index (χ2n) is 19.3. The van der Waals surface area contributed by atoms with Gasteiger partial charge in [-0.3, -0.25) is 0 Å². The predicted octanol–water partition coefficient (Wildman–Crippen LogP) is 10.5. The van der Waals surface area contributed by atoms with Gasteiger partial charge in [-0.25, -0.2) is 0 Å². The monoisotopic (exact) mass is 1320 g/mol. The van der Waals surface area contributed by atoms with E-state index >= 15 is 0 Å². The van der Waals surface area contributed by atoms with Crippen LogP contribution in [0.4, 0.5) is 22.7 Å². The number of hydrogen-bond acceptors (Lipinski definition) is 12. The first-order valence-electron chi connectivity index (χ1n) is 26.8. The van der Waals surface area contributed by atoms with Crippen molar-refractivity contribution < 1.29 is 117 Å². The summed E-state index contributed by atoms with van der Waals surface area (Å²) in [5.74, 6) is 0. The standard InChI is InChI=1S/2C20H26N4O.2C4H10O.4C3H7O.4Zn/c2*1-23(2)13-11-21-17-9-5-7-15-16-8-6-10-18(20(16)25-19(15)17)22-12-14-24(3)4;2*1-3-5-4-2;4*1-3(2)4;;;;/h2*5-10H,11-14H2,1-4H3;2*3-4H2,1-2H3;4*3H,1-2H3;;;;/q2*-2;;;4*-1;4*+2. The Morgan fingerprint density at radius 2 is 0.512 bits per heavy atom. The number of likely N-dealkylation sites (N-methyl/N-ethyl adjacent to an activating group) is 4. The molecule has 0 saturated heterocycles. The summed E-state index contributed by atoms with van der Waals surface area (Å²) in [6, 6.07) is 24.6. The van der Waals surface area contributed by atoms with Gasteiger partial charge in [0.2, 0.25) is 0 Å². The Bertz CT molecular complexity index is 1990. The van der Waals surface area contributed by atoms with Crippen LogP contribution in [0.1, 0.15) is 83.1 Å². The zero-order chi connectivity index (χ0) is 58.2. The number of fused-ring (bicyclic) bond motifs is 6. The number of hydrogen-bond donors (Lipinski definition) is 0. The van der Waals surface area contributed by atoms with Crippen molar-refractivity contribution in [3.8, 4) is 0 Å². The fourth-order valence-corrected chi connectivity index (χ4v) is 5.97. The Morgan fingerprint density at radius 3 is 0.637 bits per heavy atom. The van der Waals surface area contributed by atoms with E-state index in [0.717, 1.165) is 145 Å². The van der Waals surface area contributed by atoms with Crippen LogP contribution in [0.2, 0.25) is 0 Å². The third-order valence-corrected chi connectivity index (χ3v) is 9.10. The maximum atomic E-state index is 9.53. The second-order valence-corrected chi connectivity index (χ2v) is 19.3. The number of ether oxygens (including phenoxy) is 2. The molecule has 2 heterocycles. The molecule has 436 valence electrons. The molecule has 0 aliphatic heterocycles. The second kappa shape index (κ2) is 54.7. The summed E-state index contributed by atoms with van der Waals surface area (Å²) in [7, 11) is 16.4. The Hall–Kier alpha value is -2.23. The average molecular weight is 1320 g/mol. The van der Waals surface area contributed by atoms with Gasteiger partial charge in [0, 0.05) is 48.0 Å². The molecule has 4 aromatic carbocycles. The van der Waals surface area contributed by atoms with Crippen molar-refractivity contribution in [3.05, 3.63) is 94.1 Å². The summed E-state index contributed by atoms with van der Waals surface area (Å²) in [5, 5.41) is 61.4. The molecule has 16 nitrogen and oxygen atoms in total. The van der Waals surface area contributed by atoms with E-state index < -0.39 is 24.4 Å². The largest absolute Gasteiger partial charge is 2.00 e. The van der Waals surface area contributed by atoms with E-state index in [1.807, 2.05) is 76.2 Å². The number of furan rings is 2. The predicted molar refractivity (Wildman–Crippen MR) is 318 cm³/mol. The number of benzene rings is 4. The molecule has 80 heavy (non-hydrogen) atoms. The van der Waals surface area contributed by atoms with Crippen molar-refractivity contribution in [2.24, 2.45) is 0 Å². The number of rotatable bonds is 20. The zero-order valence-electron chi connectivity index (χ0n) is 53.4. The van der Waals surface area contributed by atoms with Gasteiger partial charge in [-0.15, -0.1) is 50.6 Å². The number of nitrogens with zero attached hydrogens (tertiary/aromatic N) is 8.